The van der Waals surface area contributed by atoms with Crippen LogP contribution in [0, 0.1) is 11.2 Å². The Morgan fingerprint density at radius 1 is 1.43 bits per heavy atom. The lowest BCUT2D eigenvalue weighted by molar-refractivity contribution is 0.212. The quantitative estimate of drug-likeness (QED) is 0.897. The molecule has 1 saturated carbocycles. The highest BCUT2D eigenvalue weighted by Crippen LogP contribution is 2.35. The van der Waals surface area contributed by atoms with E-state index in [0.29, 0.717) is 5.56 Å². The van der Waals surface area contributed by atoms with Crippen LogP contribution in [0.25, 0.3) is 0 Å². The minimum Gasteiger partial charge on any atom is -0.326 e. The summed E-state index contributed by atoms with van der Waals surface area (Å²) in [6.07, 6.45) is 3.62. The summed E-state index contributed by atoms with van der Waals surface area (Å²) in [4.78, 5) is -0.311. The molecule has 1 aromatic rings. The van der Waals surface area contributed by atoms with Gasteiger partial charge in [0.05, 0.1) is 0 Å². The molecular formula is C15H23FN2O2S. The van der Waals surface area contributed by atoms with Crippen molar-refractivity contribution in [3.05, 3.63) is 29.6 Å². The molecule has 4 nitrogen and oxygen atoms in total. The lowest BCUT2D eigenvalue weighted by Crippen LogP contribution is -2.40. The zero-order valence-electron chi connectivity index (χ0n) is 12.5. The Balaban J connectivity index is 2.22. The van der Waals surface area contributed by atoms with Crippen molar-refractivity contribution in [1.82, 2.24) is 4.72 Å². The molecule has 0 spiro atoms. The maximum absolute atomic E-state index is 13.8. The lowest BCUT2D eigenvalue weighted by Gasteiger charge is -2.35. The van der Waals surface area contributed by atoms with E-state index in [4.69, 9.17) is 5.73 Å². The summed E-state index contributed by atoms with van der Waals surface area (Å²) in [6.45, 7) is 4.44. The van der Waals surface area contributed by atoms with Gasteiger partial charge in [-0.1, -0.05) is 26.3 Å². The van der Waals surface area contributed by atoms with E-state index >= 15 is 0 Å². The average Bonchev–Trinajstić information content (AvgIpc) is 2.37. The Kier molecular flexibility index (Phi) is 4.70. The maximum atomic E-state index is 13.8. The van der Waals surface area contributed by atoms with Gasteiger partial charge in [0.15, 0.2) is 0 Å². The Morgan fingerprint density at radius 3 is 2.76 bits per heavy atom. The van der Waals surface area contributed by atoms with Crippen molar-refractivity contribution in [2.45, 2.75) is 57.0 Å². The molecule has 3 N–H and O–H groups in total. The van der Waals surface area contributed by atoms with Gasteiger partial charge in [0, 0.05) is 12.6 Å². The van der Waals surface area contributed by atoms with Crippen molar-refractivity contribution in [3.63, 3.8) is 0 Å². The summed E-state index contributed by atoms with van der Waals surface area (Å²) in [5.74, 6) is -0.741. The third-order valence-corrected chi connectivity index (χ3v) is 5.58. The van der Waals surface area contributed by atoms with Gasteiger partial charge in [-0.15, -0.1) is 0 Å². The number of hydrogen-bond donors (Lipinski definition) is 2. The number of sulfonamides is 1. The number of halogens is 1. The molecule has 118 valence electrons. The number of nitrogens with two attached hydrogens (primary N) is 1. The molecule has 1 fully saturated rings. The minimum absolute atomic E-state index is 0.114. The minimum atomic E-state index is -3.85. The highest BCUT2D eigenvalue weighted by atomic mass is 32.2. The van der Waals surface area contributed by atoms with Crippen LogP contribution in [0.4, 0.5) is 4.39 Å². The van der Waals surface area contributed by atoms with Crippen LogP contribution in [0.15, 0.2) is 23.1 Å². The van der Waals surface area contributed by atoms with Gasteiger partial charge in [0.25, 0.3) is 0 Å². The molecule has 0 bridgehead atoms. The van der Waals surface area contributed by atoms with Gasteiger partial charge >= 0.3 is 0 Å². The largest absolute Gasteiger partial charge is 0.326 e. The smallest absolute Gasteiger partial charge is 0.243 e. The predicted octanol–water partition coefficient (Wildman–Crippen LogP) is 2.53. The molecule has 1 atom stereocenters. The number of hydrogen-bond acceptors (Lipinski definition) is 3. The van der Waals surface area contributed by atoms with Crippen molar-refractivity contribution < 1.29 is 12.8 Å². The van der Waals surface area contributed by atoms with Crippen molar-refractivity contribution in [3.8, 4) is 0 Å². The molecule has 0 radical (unpaired) electrons. The first kappa shape index (κ1) is 16.4. The molecular weight excluding hydrogens is 291 g/mol. The first-order valence-electron chi connectivity index (χ1n) is 7.24. The summed E-state index contributed by atoms with van der Waals surface area (Å²) < 4.78 is 41.3. The Labute approximate surface area is 126 Å². The van der Waals surface area contributed by atoms with Crippen LogP contribution >= 0.6 is 0 Å². The SMILES string of the molecule is CC1(C)CCCC(NS(=O)(=O)c2cc(CN)ccc2F)C1. The normalized spacial score (nSPS) is 22.2. The van der Waals surface area contributed by atoms with E-state index in [0.717, 1.165) is 31.7 Å². The number of nitrogens with one attached hydrogen (secondary N) is 1. The summed E-state index contributed by atoms with van der Waals surface area (Å²) in [5.41, 5.74) is 6.21. The van der Waals surface area contributed by atoms with E-state index in [-0.39, 0.29) is 22.9 Å². The summed E-state index contributed by atoms with van der Waals surface area (Å²) >= 11 is 0. The predicted molar refractivity (Wildman–Crippen MR) is 80.6 cm³/mol. The zero-order valence-corrected chi connectivity index (χ0v) is 13.3. The van der Waals surface area contributed by atoms with E-state index in [9.17, 15) is 12.8 Å². The summed E-state index contributed by atoms with van der Waals surface area (Å²) in [6, 6.07) is 3.82. The second kappa shape index (κ2) is 6.02. The first-order chi connectivity index (χ1) is 9.73. The van der Waals surface area contributed by atoms with Gasteiger partial charge in [-0.2, -0.15) is 0 Å². The standard InChI is InChI=1S/C15H23FN2O2S/c1-15(2)7-3-4-12(9-15)18-21(19,20)14-8-11(10-17)5-6-13(14)16/h5-6,8,12,18H,3-4,7,9-10,17H2,1-2H3. The second-order valence-corrected chi connectivity index (χ2v) is 8.23. The molecule has 1 aliphatic rings. The highest BCUT2D eigenvalue weighted by molar-refractivity contribution is 7.89. The van der Waals surface area contributed by atoms with Crippen LogP contribution in [-0.2, 0) is 16.6 Å². The van der Waals surface area contributed by atoms with Gasteiger partial charge in [-0.25, -0.2) is 17.5 Å². The van der Waals surface area contributed by atoms with E-state index in [1.165, 1.54) is 12.1 Å². The molecule has 1 unspecified atom stereocenters. The van der Waals surface area contributed by atoms with E-state index < -0.39 is 15.8 Å². The van der Waals surface area contributed by atoms with Crippen LogP contribution in [0.2, 0.25) is 0 Å². The van der Waals surface area contributed by atoms with E-state index in [2.05, 4.69) is 18.6 Å². The van der Waals surface area contributed by atoms with E-state index in [1.54, 1.807) is 0 Å². The fraction of sp³-hybridized carbons (Fsp3) is 0.600. The molecule has 0 heterocycles. The maximum Gasteiger partial charge on any atom is 0.243 e. The Morgan fingerprint density at radius 2 is 2.14 bits per heavy atom. The third-order valence-electron chi connectivity index (χ3n) is 4.05. The van der Waals surface area contributed by atoms with Gasteiger partial charge in [0.1, 0.15) is 10.7 Å². The van der Waals surface area contributed by atoms with Crippen LogP contribution in [0.3, 0.4) is 0 Å². The third kappa shape index (κ3) is 4.02. The lowest BCUT2D eigenvalue weighted by atomic mass is 9.75. The molecule has 1 aliphatic carbocycles. The molecule has 2 rings (SSSR count). The molecule has 0 amide bonds. The average molecular weight is 314 g/mol. The fourth-order valence-electron chi connectivity index (χ4n) is 2.96. The number of rotatable bonds is 4. The molecule has 0 saturated heterocycles. The molecule has 1 aromatic carbocycles. The molecule has 0 aromatic heterocycles. The van der Waals surface area contributed by atoms with Crippen LogP contribution < -0.4 is 10.5 Å². The van der Waals surface area contributed by atoms with Crippen molar-refractivity contribution >= 4 is 10.0 Å². The number of benzene rings is 1. The Hall–Kier alpha value is -0.980. The Bertz CT molecular complexity index is 614. The van der Waals surface area contributed by atoms with Crippen LogP contribution in [-0.4, -0.2) is 14.5 Å². The second-order valence-electron chi connectivity index (χ2n) is 6.55. The van der Waals surface area contributed by atoms with Gasteiger partial charge in [-0.05, 0) is 42.4 Å². The van der Waals surface area contributed by atoms with Crippen molar-refractivity contribution in [2.24, 2.45) is 11.1 Å². The van der Waals surface area contributed by atoms with Crippen molar-refractivity contribution in [2.75, 3.05) is 0 Å². The highest BCUT2D eigenvalue weighted by Gasteiger charge is 2.31. The van der Waals surface area contributed by atoms with Crippen LogP contribution in [0.1, 0.15) is 45.1 Å². The topological polar surface area (TPSA) is 72.2 Å². The van der Waals surface area contributed by atoms with Gasteiger partial charge in [0.2, 0.25) is 10.0 Å². The molecule has 0 aliphatic heterocycles. The zero-order chi connectivity index (χ0) is 15.7. The van der Waals surface area contributed by atoms with E-state index in [1.807, 2.05) is 0 Å². The van der Waals surface area contributed by atoms with Gasteiger partial charge in [-0.3, -0.25) is 0 Å². The molecule has 6 heteroatoms. The summed E-state index contributed by atoms with van der Waals surface area (Å²) in [7, 11) is -3.85. The monoisotopic (exact) mass is 314 g/mol. The first-order valence-corrected chi connectivity index (χ1v) is 8.73. The summed E-state index contributed by atoms with van der Waals surface area (Å²) in [5, 5.41) is 0. The van der Waals surface area contributed by atoms with Gasteiger partial charge < -0.3 is 5.73 Å². The van der Waals surface area contributed by atoms with Crippen LogP contribution in [0.5, 0.6) is 0 Å². The fourth-order valence-corrected chi connectivity index (χ4v) is 4.36. The molecule has 21 heavy (non-hydrogen) atoms. The van der Waals surface area contributed by atoms with Crippen molar-refractivity contribution in [1.29, 1.82) is 0 Å².